The number of hydrogen-bond acceptors (Lipinski definition) is 2. The summed E-state index contributed by atoms with van der Waals surface area (Å²) in [5, 5.41) is 9.99. The third-order valence-electron chi connectivity index (χ3n) is 3.94. The van der Waals surface area contributed by atoms with E-state index < -0.39 is 6.10 Å². The Bertz CT molecular complexity index is 204. The summed E-state index contributed by atoms with van der Waals surface area (Å²) in [4.78, 5) is 11.0. The third kappa shape index (κ3) is 2.81. The maximum Gasteiger partial charge on any atom is 0.132 e. The highest BCUT2D eigenvalue weighted by molar-refractivity contribution is 5.76. The molecule has 0 fully saturated rings. The SMILES string of the molecule is CCC(C)(C)C(C)(C)C(O)CC(C)=O. The molecule has 1 N–H and O–H groups in total. The van der Waals surface area contributed by atoms with Gasteiger partial charge in [-0.25, -0.2) is 0 Å². The minimum Gasteiger partial charge on any atom is -0.392 e. The largest absolute Gasteiger partial charge is 0.392 e. The van der Waals surface area contributed by atoms with Crippen molar-refractivity contribution < 1.29 is 9.90 Å². The predicted molar refractivity (Wildman–Crippen MR) is 59.2 cm³/mol. The van der Waals surface area contributed by atoms with Crippen LogP contribution in [0.4, 0.5) is 0 Å². The van der Waals surface area contributed by atoms with E-state index in [1.807, 2.05) is 13.8 Å². The molecule has 0 bridgehead atoms. The minimum absolute atomic E-state index is 0.0435. The summed E-state index contributed by atoms with van der Waals surface area (Å²) in [6.45, 7) is 12.0. The summed E-state index contributed by atoms with van der Waals surface area (Å²) >= 11 is 0. The number of aliphatic hydroxyl groups is 1. The van der Waals surface area contributed by atoms with E-state index in [0.717, 1.165) is 6.42 Å². The van der Waals surface area contributed by atoms with Gasteiger partial charge >= 0.3 is 0 Å². The molecule has 0 aliphatic heterocycles. The van der Waals surface area contributed by atoms with Crippen molar-refractivity contribution in [1.82, 2.24) is 0 Å². The molecule has 84 valence electrons. The number of carbonyl (C=O) groups excluding carboxylic acids is 1. The van der Waals surface area contributed by atoms with Gasteiger partial charge in [0.25, 0.3) is 0 Å². The third-order valence-corrected chi connectivity index (χ3v) is 3.94. The maximum atomic E-state index is 11.0. The molecule has 0 aromatic rings. The highest BCUT2D eigenvalue weighted by Crippen LogP contribution is 2.44. The van der Waals surface area contributed by atoms with Gasteiger partial charge in [0.05, 0.1) is 6.10 Å². The van der Waals surface area contributed by atoms with Gasteiger partial charge in [-0.1, -0.05) is 41.0 Å². The van der Waals surface area contributed by atoms with E-state index in [1.54, 1.807) is 0 Å². The molecular formula is C12H24O2. The lowest BCUT2D eigenvalue weighted by atomic mass is 9.62. The molecule has 0 spiro atoms. The van der Waals surface area contributed by atoms with Gasteiger partial charge in [-0.2, -0.15) is 0 Å². The lowest BCUT2D eigenvalue weighted by Crippen LogP contribution is -2.43. The normalized spacial score (nSPS) is 15.4. The summed E-state index contributed by atoms with van der Waals surface area (Å²) in [6.07, 6.45) is 0.709. The van der Waals surface area contributed by atoms with Crippen LogP contribution in [0.15, 0.2) is 0 Å². The highest BCUT2D eigenvalue weighted by atomic mass is 16.3. The fourth-order valence-corrected chi connectivity index (χ4v) is 1.43. The molecule has 0 aliphatic rings. The molecule has 0 amide bonds. The quantitative estimate of drug-likeness (QED) is 0.741. The van der Waals surface area contributed by atoms with Crippen molar-refractivity contribution in [3.8, 4) is 0 Å². The molecule has 0 aromatic carbocycles. The number of carbonyl (C=O) groups is 1. The van der Waals surface area contributed by atoms with Crippen molar-refractivity contribution in [2.75, 3.05) is 0 Å². The lowest BCUT2D eigenvalue weighted by molar-refractivity contribution is -0.123. The van der Waals surface area contributed by atoms with Crippen LogP contribution in [-0.2, 0) is 4.79 Å². The zero-order valence-electron chi connectivity index (χ0n) is 10.3. The van der Waals surface area contributed by atoms with Crippen LogP contribution in [-0.4, -0.2) is 17.0 Å². The Morgan fingerprint density at radius 3 is 2.00 bits per heavy atom. The topological polar surface area (TPSA) is 37.3 Å². The Morgan fingerprint density at radius 1 is 1.29 bits per heavy atom. The molecule has 1 atom stereocenters. The Balaban J connectivity index is 4.67. The summed E-state index contributed by atoms with van der Waals surface area (Å²) in [6, 6.07) is 0. The molecule has 2 heteroatoms. The van der Waals surface area contributed by atoms with Crippen molar-refractivity contribution in [3.05, 3.63) is 0 Å². The van der Waals surface area contributed by atoms with Crippen LogP contribution < -0.4 is 0 Å². The van der Waals surface area contributed by atoms with Gasteiger partial charge in [-0.15, -0.1) is 0 Å². The molecule has 0 rings (SSSR count). The molecule has 0 aliphatic carbocycles. The molecule has 0 aromatic heterocycles. The van der Waals surface area contributed by atoms with Crippen molar-refractivity contribution in [3.63, 3.8) is 0 Å². The second kappa shape index (κ2) is 4.43. The average molecular weight is 200 g/mol. The van der Waals surface area contributed by atoms with E-state index in [0.29, 0.717) is 0 Å². The average Bonchev–Trinajstić information content (AvgIpc) is 2.02. The van der Waals surface area contributed by atoms with E-state index in [-0.39, 0.29) is 23.0 Å². The molecular weight excluding hydrogens is 176 g/mol. The van der Waals surface area contributed by atoms with E-state index >= 15 is 0 Å². The number of rotatable bonds is 5. The number of Topliss-reactive ketones (excluding diaryl/α,β-unsaturated/α-hetero) is 1. The highest BCUT2D eigenvalue weighted by Gasteiger charge is 2.41. The molecule has 0 saturated heterocycles. The summed E-state index contributed by atoms with van der Waals surface area (Å²) in [5.41, 5.74) is -0.185. The van der Waals surface area contributed by atoms with Crippen LogP contribution >= 0.6 is 0 Å². The first kappa shape index (κ1) is 13.6. The van der Waals surface area contributed by atoms with Gasteiger partial charge in [-0.05, 0) is 17.8 Å². The fraction of sp³-hybridized carbons (Fsp3) is 0.917. The number of hydrogen-bond donors (Lipinski definition) is 1. The van der Waals surface area contributed by atoms with Crippen molar-refractivity contribution >= 4 is 5.78 Å². The first-order valence-electron chi connectivity index (χ1n) is 5.32. The van der Waals surface area contributed by atoms with Gasteiger partial charge in [0.1, 0.15) is 5.78 Å². The number of aliphatic hydroxyl groups excluding tert-OH is 1. The van der Waals surface area contributed by atoms with Gasteiger partial charge in [0.2, 0.25) is 0 Å². The standard InChI is InChI=1S/C12H24O2/c1-7-11(3,4)12(5,6)10(14)8-9(2)13/h10,14H,7-8H2,1-6H3. The molecule has 1 unspecified atom stereocenters. The molecule has 2 nitrogen and oxygen atoms in total. The summed E-state index contributed by atoms with van der Waals surface area (Å²) < 4.78 is 0. The minimum atomic E-state index is -0.546. The van der Waals surface area contributed by atoms with Gasteiger partial charge in [0, 0.05) is 6.42 Å². The predicted octanol–water partition coefficient (Wildman–Crippen LogP) is 2.79. The lowest BCUT2D eigenvalue weighted by Gasteiger charge is -2.44. The second-order valence-corrected chi connectivity index (χ2v) is 5.38. The second-order valence-electron chi connectivity index (χ2n) is 5.38. The summed E-state index contributed by atoms with van der Waals surface area (Å²) in [5.74, 6) is 0.0532. The smallest absolute Gasteiger partial charge is 0.132 e. The zero-order valence-corrected chi connectivity index (χ0v) is 10.3. The molecule has 14 heavy (non-hydrogen) atoms. The van der Waals surface area contributed by atoms with Crippen LogP contribution in [0.1, 0.15) is 54.4 Å². The Morgan fingerprint density at radius 2 is 1.71 bits per heavy atom. The van der Waals surface area contributed by atoms with Crippen molar-refractivity contribution in [1.29, 1.82) is 0 Å². The first-order valence-corrected chi connectivity index (χ1v) is 5.32. The Kier molecular flexibility index (Phi) is 4.32. The maximum absolute atomic E-state index is 11.0. The first-order chi connectivity index (χ1) is 6.15. The Hall–Kier alpha value is -0.370. The molecule has 0 saturated carbocycles. The van der Waals surface area contributed by atoms with Gasteiger partial charge in [-0.3, -0.25) is 4.79 Å². The van der Waals surface area contributed by atoms with Crippen LogP contribution in [0.5, 0.6) is 0 Å². The van der Waals surface area contributed by atoms with E-state index in [9.17, 15) is 9.90 Å². The van der Waals surface area contributed by atoms with Crippen LogP contribution in [0.3, 0.4) is 0 Å². The summed E-state index contributed by atoms with van der Waals surface area (Å²) in [7, 11) is 0. The van der Waals surface area contributed by atoms with E-state index in [1.165, 1.54) is 6.92 Å². The fourth-order valence-electron chi connectivity index (χ4n) is 1.43. The Labute approximate surface area is 87.7 Å². The van der Waals surface area contributed by atoms with Crippen LogP contribution in [0.25, 0.3) is 0 Å². The van der Waals surface area contributed by atoms with Gasteiger partial charge in [0.15, 0.2) is 0 Å². The van der Waals surface area contributed by atoms with Crippen LogP contribution in [0.2, 0.25) is 0 Å². The monoisotopic (exact) mass is 200 g/mol. The zero-order chi connectivity index (χ0) is 11.6. The number of ketones is 1. The van der Waals surface area contributed by atoms with Gasteiger partial charge < -0.3 is 5.11 Å². The molecule has 0 radical (unpaired) electrons. The van der Waals surface area contributed by atoms with Crippen molar-refractivity contribution in [2.24, 2.45) is 10.8 Å². The van der Waals surface area contributed by atoms with E-state index in [4.69, 9.17) is 0 Å². The van der Waals surface area contributed by atoms with Crippen molar-refractivity contribution in [2.45, 2.75) is 60.5 Å². The van der Waals surface area contributed by atoms with E-state index in [2.05, 4.69) is 20.8 Å². The molecule has 0 heterocycles. The van der Waals surface area contributed by atoms with Crippen LogP contribution in [0, 0.1) is 10.8 Å².